The molecule has 0 unspecified atom stereocenters. The first-order valence-corrected chi connectivity index (χ1v) is 39.2. The summed E-state index contributed by atoms with van der Waals surface area (Å²) in [4.78, 5) is 31.1. The first-order chi connectivity index (χ1) is 42.6. The standard InChI is InChI=1S/2C15H32N2.2C13H28N2.C12H26N2.C11H23FN2.6CH4/c2*1-12(2)16-9-8-10-17(13(3)4)14(11-16)15(5,6)7;2*1-6-13-10-14(11(2)3)8-7-9-15(13)12(4)5;1-10(2)13-7-6-8-14(11(3)4)12(5)9-13;1-9(2)13-5-6-14(10(3)4)8-11(12)7-13;;;;;;/h2*12-14H,8-11H2,1-7H3;2*11-13H,6-10H2,1-5H3;10-12H,6-9H2,1-5H3;9-11H,5-8H2,1-4H3;6*1H4/t2*14-;2*13-;12-;;;;;;;/m10100......./s1. The van der Waals surface area contributed by atoms with Crippen LogP contribution in [0.5, 0.6) is 0 Å². The molecule has 0 aliphatic carbocycles. The van der Waals surface area contributed by atoms with Gasteiger partial charge in [0.1, 0.15) is 6.17 Å². The van der Waals surface area contributed by atoms with Crippen molar-refractivity contribution < 1.29 is 4.39 Å². The molecule has 0 saturated carbocycles. The van der Waals surface area contributed by atoms with Crippen LogP contribution in [-0.4, -0.2) is 292 Å². The molecule has 6 saturated heterocycles. The number of nitrogens with zero attached hydrogens (tertiary/aromatic N) is 12. The minimum Gasteiger partial charge on any atom is -0.299 e. The lowest BCUT2D eigenvalue weighted by atomic mass is 9.84. The van der Waals surface area contributed by atoms with E-state index < -0.39 is 6.17 Å². The zero-order valence-corrected chi connectivity index (χ0v) is 68.5. The number of rotatable bonds is 14. The largest absolute Gasteiger partial charge is 0.299 e. The lowest BCUT2D eigenvalue weighted by molar-refractivity contribution is 0.0573. The van der Waals surface area contributed by atoms with Crippen molar-refractivity contribution in [2.24, 2.45) is 10.8 Å². The first-order valence-electron chi connectivity index (χ1n) is 39.2. The molecule has 6 aliphatic rings. The molecule has 6 aliphatic heterocycles. The number of hydrogen-bond acceptors (Lipinski definition) is 12. The highest BCUT2D eigenvalue weighted by Crippen LogP contribution is 2.31. The summed E-state index contributed by atoms with van der Waals surface area (Å²) in [6.07, 6.45) is 8.46. The molecule has 13 heteroatoms. The molecule has 0 spiro atoms. The molecule has 6 rings (SSSR count). The van der Waals surface area contributed by atoms with Gasteiger partial charge in [0.25, 0.3) is 0 Å². The van der Waals surface area contributed by atoms with Gasteiger partial charge in [-0.2, -0.15) is 0 Å². The highest BCUT2D eigenvalue weighted by molar-refractivity contribution is 4.93. The van der Waals surface area contributed by atoms with Crippen LogP contribution in [0.15, 0.2) is 0 Å². The fourth-order valence-corrected chi connectivity index (χ4v) is 15.4. The summed E-state index contributed by atoms with van der Waals surface area (Å²) in [5.41, 5.74) is 0.726. The summed E-state index contributed by atoms with van der Waals surface area (Å²) in [7, 11) is 0. The van der Waals surface area contributed by atoms with Crippen molar-refractivity contribution in [3.05, 3.63) is 0 Å². The highest BCUT2D eigenvalue weighted by atomic mass is 19.1. The smallest absolute Gasteiger partial charge is 0.125 e. The van der Waals surface area contributed by atoms with Gasteiger partial charge in [0.2, 0.25) is 0 Å². The van der Waals surface area contributed by atoms with E-state index in [4.69, 9.17) is 0 Å². The monoisotopic (exact) mass is 1400 g/mol. The maximum atomic E-state index is 13.6. The maximum Gasteiger partial charge on any atom is 0.125 e. The summed E-state index contributed by atoms with van der Waals surface area (Å²) in [6.45, 7) is 98.3. The van der Waals surface area contributed by atoms with Crippen LogP contribution in [0.2, 0.25) is 0 Å². The fourth-order valence-electron chi connectivity index (χ4n) is 15.4. The van der Waals surface area contributed by atoms with Gasteiger partial charge in [-0.05, 0) is 294 Å². The molecule has 600 valence electrons. The highest BCUT2D eigenvalue weighted by Gasteiger charge is 2.38. The van der Waals surface area contributed by atoms with Gasteiger partial charge in [-0.15, -0.1) is 0 Å². The van der Waals surface area contributed by atoms with E-state index in [1.54, 1.807) is 0 Å². The van der Waals surface area contributed by atoms with Gasteiger partial charge < -0.3 is 0 Å². The van der Waals surface area contributed by atoms with Crippen LogP contribution >= 0.6 is 0 Å². The van der Waals surface area contributed by atoms with Gasteiger partial charge >= 0.3 is 0 Å². The van der Waals surface area contributed by atoms with Crippen LogP contribution in [0.4, 0.5) is 4.39 Å². The van der Waals surface area contributed by atoms with Gasteiger partial charge in [0.05, 0.1) is 0 Å². The molecule has 5 atom stereocenters. The van der Waals surface area contributed by atoms with Gasteiger partial charge in [-0.25, -0.2) is 4.39 Å². The Balaban J connectivity index is -0.000000256. The second kappa shape index (κ2) is 54.1. The minimum atomic E-state index is -0.692. The molecule has 0 amide bonds. The van der Waals surface area contributed by atoms with Crippen LogP contribution in [0.25, 0.3) is 0 Å². The topological polar surface area (TPSA) is 38.9 Å². The number of hydrogen-bond donors (Lipinski definition) is 0. The SMILES string of the molecule is C.C.C.C.C.C.CC(C)N1CCCN(C(C)C)[C@@H](C(C)(C)C)C1.CC(C)N1CCCN(C(C)C)[C@@H](C)C1.CC(C)N1CCCN(C(C)C)[C@H](C(C)(C)C)C1.CC(C)N1CCN(C(C)C)CC(F)C1.CC[C@@H]1CN(C(C)C)CCCN1C(C)C.CC[C@H]1CN(C(C)C)CCCN1C(C)C. The molecule has 0 aromatic rings. The van der Waals surface area contributed by atoms with Crippen molar-refractivity contribution in [3.63, 3.8) is 0 Å². The Morgan fingerprint density at radius 2 is 0.469 bits per heavy atom. The first kappa shape index (κ1) is 108. The molecule has 6 heterocycles. The Morgan fingerprint density at radius 3 is 0.684 bits per heavy atom. The lowest BCUT2D eigenvalue weighted by Crippen LogP contribution is -2.52. The van der Waals surface area contributed by atoms with Crippen LogP contribution < -0.4 is 0 Å². The van der Waals surface area contributed by atoms with Crippen LogP contribution in [0, 0.1) is 10.8 Å². The molecule has 0 N–H and O–H groups in total. The van der Waals surface area contributed by atoms with Crippen LogP contribution in [0.1, 0.15) is 318 Å². The second-order valence-electron chi connectivity index (χ2n) is 34.9. The quantitative estimate of drug-likeness (QED) is 0.166. The lowest BCUT2D eigenvalue weighted by Gasteiger charge is -2.43. The summed E-state index contributed by atoms with van der Waals surface area (Å²) >= 11 is 0. The number of halogens is 1. The van der Waals surface area contributed by atoms with E-state index >= 15 is 0 Å². The van der Waals surface area contributed by atoms with E-state index in [0.29, 0.717) is 115 Å². The van der Waals surface area contributed by atoms with Crippen molar-refractivity contribution in [3.8, 4) is 0 Å². The molecule has 0 radical (unpaired) electrons. The van der Waals surface area contributed by atoms with Crippen molar-refractivity contribution in [1.82, 2.24) is 58.8 Å². The van der Waals surface area contributed by atoms with Gasteiger partial charge in [-0.3, -0.25) is 58.8 Å². The van der Waals surface area contributed by atoms with E-state index in [1.807, 2.05) is 0 Å². The summed E-state index contributed by atoms with van der Waals surface area (Å²) in [5.74, 6) is 0. The molecule has 0 bridgehead atoms. The van der Waals surface area contributed by atoms with E-state index in [0.717, 1.165) is 25.2 Å². The Hall–Kier alpha value is -0.550. The Bertz CT molecular complexity index is 1690. The normalized spacial score (nSPS) is 24.1. The van der Waals surface area contributed by atoms with Crippen LogP contribution in [0.3, 0.4) is 0 Å². The van der Waals surface area contributed by atoms with E-state index in [2.05, 4.69) is 287 Å². The Morgan fingerprint density at radius 1 is 0.265 bits per heavy atom. The fraction of sp³-hybridized carbons (Fsp3) is 1.00. The predicted octanol–water partition coefficient (Wildman–Crippen LogP) is 19.4. The average molecular weight is 1400 g/mol. The Kier molecular flexibility index (Phi) is 59.8. The van der Waals surface area contributed by atoms with E-state index in [9.17, 15) is 4.39 Å². The summed E-state index contributed by atoms with van der Waals surface area (Å²) in [6, 6.07) is 11.3. The van der Waals surface area contributed by atoms with Crippen molar-refractivity contribution in [2.75, 3.05) is 124 Å². The van der Waals surface area contributed by atoms with Gasteiger partial charge in [-0.1, -0.05) is 99.9 Å². The average Bonchev–Trinajstić information content (AvgIpc) is 1.51. The molecular weight excluding hydrogens is 1210 g/mol. The molecule has 12 nitrogen and oxygen atoms in total. The molecular formula is C85H193FN12. The van der Waals surface area contributed by atoms with Gasteiger partial charge in [0.15, 0.2) is 0 Å². The third-order valence-electron chi connectivity index (χ3n) is 21.7. The minimum absolute atomic E-state index is 0. The second-order valence-corrected chi connectivity index (χ2v) is 34.9. The number of alkyl halides is 1. The van der Waals surface area contributed by atoms with Crippen molar-refractivity contribution in [1.29, 1.82) is 0 Å². The summed E-state index contributed by atoms with van der Waals surface area (Å²) in [5, 5.41) is 0. The van der Waals surface area contributed by atoms with Crippen molar-refractivity contribution in [2.45, 2.75) is 427 Å². The zero-order valence-electron chi connectivity index (χ0n) is 68.5. The van der Waals surface area contributed by atoms with Gasteiger partial charge in [0, 0.05) is 162 Å². The van der Waals surface area contributed by atoms with E-state index in [-0.39, 0.29) is 44.6 Å². The van der Waals surface area contributed by atoms with Crippen LogP contribution in [-0.2, 0) is 0 Å². The third-order valence-corrected chi connectivity index (χ3v) is 21.7. The Labute approximate surface area is 622 Å². The molecule has 6 fully saturated rings. The van der Waals surface area contributed by atoms with Crippen molar-refractivity contribution >= 4 is 0 Å². The summed E-state index contributed by atoms with van der Waals surface area (Å²) < 4.78 is 13.6. The van der Waals surface area contributed by atoms with E-state index in [1.165, 1.54) is 143 Å². The third kappa shape index (κ3) is 39.7. The maximum absolute atomic E-state index is 13.6. The predicted molar refractivity (Wildman–Crippen MR) is 449 cm³/mol. The molecule has 0 aromatic heterocycles. The molecule has 98 heavy (non-hydrogen) atoms. The molecule has 0 aromatic carbocycles. The zero-order chi connectivity index (χ0) is 70.7.